The molecule has 31 heavy (non-hydrogen) atoms. The summed E-state index contributed by atoms with van der Waals surface area (Å²) in [6, 6.07) is 10.6. The third-order valence-corrected chi connectivity index (χ3v) is 9.14. The zero-order valence-corrected chi connectivity index (χ0v) is 19.7. The van der Waals surface area contributed by atoms with E-state index in [2.05, 4.69) is 0 Å². The highest BCUT2D eigenvalue weighted by atomic mass is 31.2. The molecule has 0 N–H and O–H groups in total. The highest BCUT2D eigenvalue weighted by molar-refractivity contribution is 7.96. The molecule has 1 atom stereocenters. The maximum Gasteiger partial charge on any atom is 0.236 e. The molecular formula is C25H31O5P. The summed E-state index contributed by atoms with van der Waals surface area (Å²) in [5, 5.41) is 0. The van der Waals surface area contributed by atoms with E-state index in [9.17, 15) is 14.2 Å². The number of rotatable bonds is 9. The first-order valence-electron chi connectivity index (χ1n) is 11.0. The van der Waals surface area contributed by atoms with Crippen LogP contribution in [-0.2, 0) is 4.57 Å². The first-order chi connectivity index (χ1) is 14.9. The maximum atomic E-state index is 14.6. The predicted molar refractivity (Wildman–Crippen MR) is 123 cm³/mol. The van der Waals surface area contributed by atoms with Gasteiger partial charge in [-0.2, -0.15) is 0 Å². The van der Waals surface area contributed by atoms with Gasteiger partial charge in [-0.15, -0.1) is 0 Å². The number of carbonyl (C=O) groups is 2. The van der Waals surface area contributed by atoms with Gasteiger partial charge in [0.2, 0.25) is 18.2 Å². The summed E-state index contributed by atoms with van der Waals surface area (Å²) in [6.07, 6.45) is 2.96. The van der Waals surface area contributed by atoms with Crippen molar-refractivity contribution in [3.63, 3.8) is 0 Å². The van der Waals surface area contributed by atoms with Gasteiger partial charge in [-0.3, -0.25) is 9.59 Å². The number of hydrogen-bond donors (Lipinski definition) is 0. The molecule has 1 aliphatic carbocycles. The molecule has 0 aliphatic heterocycles. The summed E-state index contributed by atoms with van der Waals surface area (Å²) < 4.78 is 26.0. The van der Waals surface area contributed by atoms with Crippen molar-refractivity contribution in [1.82, 2.24) is 0 Å². The van der Waals surface area contributed by atoms with E-state index in [4.69, 9.17) is 9.47 Å². The second-order valence-electron chi connectivity index (χ2n) is 7.97. The molecule has 3 rings (SSSR count). The smallest absolute Gasteiger partial charge is 0.236 e. The van der Waals surface area contributed by atoms with Crippen LogP contribution in [0.3, 0.4) is 0 Å². The largest absolute Gasteiger partial charge is 0.493 e. The Morgan fingerprint density at radius 3 is 1.77 bits per heavy atom. The lowest BCUT2D eigenvalue weighted by molar-refractivity contribution is 0.103. The third kappa shape index (κ3) is 4.34. The Morgan fingerprint density at radius 1 is 0.839 bits per heavy atom. The molecule has 1 aliphatic rings. The average molecular weight is 442 g/mol. The van der Waals surface area contributed by atoms with E-state index < -0.39 is 23.8 Å². The summed E-state index contributed by atoms with van der Waals surface area (Å²) in [6.45, 7) is 7.97. The van der Waals surface area contributed by atoms with Gasteiger partial charge in [0.1, 0.15) is 17.1 Å². The van der Waals surface area contributed by atoms with Crippen molar-refractivity contribution in [2.75, 3.05) is 13.2 Å². The van der Waals surface area contributed by atoms with Gasteiger partial charge in [-0.1, -0.05) is 37.1 Å². The minimum Gasteiger partial charge on any atom is -0.493 e. The molecule has 0 bridgehead atoms. The van der Waals surface area contributed by atoms with Crippen LogP contribution in [0.2, 0.25) is 0 Å². The van der Waals surface area contributed by atoms with Gasteiger partial charge in [0, 0.05) is 11.2 Å². The average Bonchev–Trinajstić information content (AvgIpc) is 3.28. The topological polar surface area (TPSA) is 69.7 Å². The minimum absolute atomic E-state index is 0.126. The van der Waals surface area contributed by atoms with Gasteiger partial charge in [0.25, 0.3) is 0 Å². The SMILES string of the molecule is CCOc1cccc(OCC)c1C(=O)P(=O)(C(=O)c1c(C)cccc1C)C1CCCC1. The fourth-order valence-electron chi connectivity index (χ4n) is 4.45. The Kier molecular flexibility index (Phi) is 7.38. The molecule has 1 fully saturated rings. The van der Waals surface area contributed by atoms with Gasteiger partial charge in [0.05, 0.1) is 13.2 Å². The molecule has 0 amide bonds. The van der Waals surface area contributed by atoms with Crippen LogP contribution in [0.15, 0.2) is 36.4 Å². The molecule has 2 aromatic rings. The van der Waals surface area contributed by atoms with Gasteiger partial charge in [-0.25, -0.2) is 0 Å². The van der Waals surface area contributed by atoms with Crippen molar-refractivity contribution in [2.24, 2.45) is 0 Å². The maximum absolute atomic E-state index is 14.6. The Bertz CT molecular complexity index is 976. The molecule has 0 radical (unpaired) electrons. The Hall–Kier alpha value is -2.39. The summed E-state index contributed by atoms with van der Waals surface area (Å²) in [7, 11) is -3.99. The monoisotopic (exact) mass is 442 g/mol. The lowest BCUT2D eigenvalue weighted by Crippen LogP contribution is -2.22. The summed E-state index contributed by atoms with van der Waals surface area (Å²) in [4.78, 5) is 27.9. The van der Waals surface area contributed by atoms with Crippen LogP contribution in [0.5, 0.6) is 11.5 Å². The summed E-state index contributed by atoms with van der Waals surface area (Å²) in [5.74, 6) is 0.622. The van der Waals surface area contributed by atoms with Crippen LogP contribution in [0, 0.1) is 13.8 Å². The predicted octanol–water partition coefficient (Wildman–Crippen LogP) is 6.39. The van der Waals surface area contributed by atoms with Crippen LogP contribution in [0.25, 0.3) is 0 Å². The molecule has 0 heterocycles. The highest BCUT2D eigenvalue weighted by Gasteiger charge is 2.50. The quantitative estimate of drug-likeness (QED) is 0.421. The molecule has 5 nitrogen and oxygen atoms in total. The molecule has 6 heteroatoms. The third-order valence-electron chi connectivity index (χ3n) is 5.94. The zero-order chi connectivity index (χ0) is 22.6. The fraction of sp³-hybridized carbons (Fsp3) is 0.440. The lowest BCUT2D eigenvalue weighted by atomic mass is 10.0. The zero-order valence-electron chi connectivity index (χ0n) is 18.8. The van der Waals surface area contributed by atoms with Crippen LogP contribution >= 0.6 is 7.14 Å². The van der Waals surface area contributed by atoms with Crippen molar-refractivity contribution < 1.29 is 23.6 Å². The van der Waals surface area contributed by atoms with E-state index in [0.717, 1.165) is 24.0 Å². The number of aryl methyl sites for hydroxylation is 2. The Morgan fingerprint density at radius 2 is 1.29 bits per heavy atom. The number of benzene rings is 2. The second-order valence-corrected chi connectivity index (χ2v) is 10.8. The van der Waals surface area contributed by atoms with Gasteiger partial charge in [0.15, 0.2) is 0 Å². The molecule has 2 aromatic carbocycles. The first kappa shape index (κ1) is 23.3. The summed E-state index contributed by atoms with van der Waals surface area (Å²) in [5.41, 5.74) is 0.376. The Labute approximate surface area is 184 Å². The lowest BCUT2D eigenvalue weighted by Gasteiger charge is -2.25. The van der Waals surface area contributed by atoms with Crippen LogP contribution in [0.4, 0.5) is 0 Å². The normalized spacial score (nSPS) is 16.0. The molecule has 1 saturated carbocycles. The fourth-order valence-corrected chi connectivity index (χ4v) is 7.63. The molecule has 1 unspecified atom stereocenters. The first-order valence-corrected chi connectivity index (χ1v) is 12.8. The number of carbonyl (C=O) groups excluding carboxylic acids is 2. The van der Waals surface area contributed by atoms with Crippen LogP contribution < -0.4 is 9.47 Å². The van der Waals surface area contributed by atoms with E-state index in [1.54, 1.807) is 18.2 Å². The van der Waals surface area contributed by atoms with Gasteiger partial charge in [-0.05, 0) is 63.8 Å². The highest BCUT2D eigenvalue weighted by Crippen LogP contribution is 2.62. The van der Waals surface area contributed by atoms with Crippen molar-refractivity contribution in [1.29, 1.82) is 0 Å². The van der Waals surface area contributed by atoms with Gasteiger partial charge < -0.3 is 14.0 Å². The standard InChI is InChI=1S/C25H31O5P/c1-5-29-20-15-10-16-21(30-6-2)23(20)25(27)31(28,19-13-7-8-14-19)24(26)22-17(3)11-9-12-18(22)4/h9-12,15-16,19H,5-8,13-14H2,1-4H3. The van der Waals surface area contributed by atoms with E-state index in [1.807, 2.05) is 45.9 Å². The molecule has 166 valence electrons. The molecular weight excluding hydrogens is 411 g/mol. The molecule has 0 aromatic heterocycles. The minimum atomic E-state index is -3.99. The van der Waals surface area contributed by atoms with E-state index >= 15 is 0 Å². The van der Waals surface area contributed by atoms with Crippen molar-refractivity contribution in [2.45, 2.75) is 59.0 Å². The molecule has 0 spiro atoms. The van der Waals surface area contributed by atoms with Crippen molar-refractivity contribution in [3.8, 4) is 11.5 Å². The van der Waals surface area contributed by atoms with Crippen LogP contribution in [-0.4, -0.2) is 29.9 Å². The second kappa shape index (κ2) is 9.82. The van der Waals surface area contributed by atoms with E-state index in [-0.39, 0.29) is 5.56 Å². The van der Waals surface area contributed by atoms with E-state index in [1.165, 1.54) is 0 Å². The number of hydrogen-bond acceptors (Lipinski definition) is 5. The summed E-state index contributed by atoms with van der Waals surface area (Å²) >= 11 is 0. The van der Waals surface area contributed by atoms with Crippen molar-refractivity contribution in [3.05, 3.63) is 58.7 Å². The van der Waals surface area contributed by atoms with Crippen LogP contribution in [0.1, 0.15) is 71.4 Å². The molecule has 0 saturated heterocycles. The van der Waals surface area contributed by atoms with Gasteiger partial charge >= 0.3 is 0 Å². The number of ether oxygens (including phenoxy) is 2. The Balaban J connectivity index is 2.22. The van der Waals surface area contributed by atoms with Crippen molar-refractivity contribution >= 4 is 18.2 Å². The van der Waals surface area contributed by atoms with E-state index in [0.29, 0.717) is 43.1 Å².